The number of nitrogens with zero attached hydrogens (tertiary/aromatic N) is 5. The summed E-state index contributed by atoms with van der Waals surface area (Å²) >= 11 is 0. The molecule has 26 heavy (non-hydrogen) atoms. The molecule has 0 unspecified atom stereocenters. The third-order valence-corrected chi connectivity index (χ3v) is 5.22. The van der Waals surface area contributed by atoms with E-state index in [2.05, 4.69) is 26.1 Å². The summed E-state index contributed by atoms with van der Waals surface area (Å²) in [5, 5.41) is 8.63. The first-order valence-corrected chi connectivity index (χ1v) is 8.79. The van der Waals surface area contributed by atoms with Crippen LogP contribution in [0.4, 0.5) is 24.8 Å². The van der Waals surface area contributed by atoms with E-state index in [0.717, 1.165) is 36.8 Å². The van der Waals surface area contributed by atoms with Gasteiger partial charge in [-0.1, -0.05) is 0 Å². The van der Waals surface area contributed by atoms with E-state index in [-0.39, 0.29) is 11.9 Å². The highest BCUT2D eigenvalue weighted by Gasteiger charge is 2.39. The highest BCUT2D eigenvalue weighted by Crippen LogP contribution is 2.36. The van der Waals surface area contributed by atoms with Gasteiger partial charge < -0.3 is 9.80 Å². The maximum atomic E-state index is 13.2. The number of aryl methyl sites for hydroxylation is 2. The lowest BCUT2D eigenvalue weighted by atomic mass is 9.96. The van der Waals surface area contributed by atoms with Crippen molar-refractivity contribution in [1.29, 1.82) is 0 Å². The molecule has 3 heterocycles. The minimum Gasteiger partial charge on any atom is -0.353 e. The van der Waals surface area contributed by atoms with Crippen LogP contribution in [0, 0.1) is 0 Å². The third-order valence-electron chi connectivity index (χ3n) is 5.22. The fourth-order valence-electron chi connectivity index (χ4n) is 3.59. The van der Waals surface area contributed by atoms with Crippen LogP contribution < -0.4 is 9.80 Å². The second kappa shape index (κ2) is 6.41. The van der Waals surface area contributed by atoms with Crippen LogP contribution in [-0.4, -0.2) is 41.4 Å². The summed E-state index contributed by atoms with van der Waals surface area (Å²) in [4.78, 5) is 7.63. The zero-order valence-electron chi connectivity index (χ0n) is 14.5. The SMILES string of the molecule is CN(c1ncccc1C(F)(F)F)C1CN(c2cc3c(nn2)CCCC3)C1. The number of hydrogen-bond donors (Lipinski definition) is 0. The van der Waals surface area contributed by atoms with Crippen molar-refractivity contribution in [3.05, 3.63) is 41.2 Å². The van der Waals surface area contributed by atoms with Crippen molar-refractivity contribution in [3.63, 3.8) is 0 Å². The molecule has 0 radical (unpaired) electrons. The number of alkyl halides is 3. The third kappa shape index (κ3) is 3.08. The summed E-state index contributed by atoms with van der Waals surface area (Å²) in [6.45, 7) is 1.22. The van der Waals surface area contributed by atoms with E-state index in [1.807, 2.05) is 0 Å². The number of anilines is 2. The molecule has 0 atom stereocenters. The Hall–Kier alpha value is -2.38. The van der Waals surface area contributed by atoms with Crippen molar-refractivity contribution in [2.24, 2.45) is 0 Å². The minimum atomic E-state index is -4.41. The van der Waals surface area contributed by atoms with Crippen molar-refractivity contribution in [1.82, 2.24) is 15.2 Å². The molecular formula is C18H20F3N5. The summed E-state index contributed by atoms with van der Waals surface area (Å²) in [7, 11) is 1.66. The van der Waals surface area contributed by atoms with Gasteiger partial charge in [0.1, 0.15) is 5.82 Å². The fraction of sp³-hybridized carbons (Fsp3) is 0.500. The zero-order chi connectivity index (χ0) is 18.3. The van der Waals surface area contributed by atoms with Gasteiger partial charge in [-0.05, 0) is 49.4 Å². The van der Waals surface area contributed by atoms with Crippen molar-refractivity contribution < 1.29 is 13.2 Å². The Morgan fingerprint density at radius 1 is 1.15 bits per heavy atom. The normalized spacial score (nSPS) is 17.6. The zero-order valence-corrected chi connectivity index (χ0v) is 14.5. The Kier molecular flexibility index (Phi) is 4.20. The maximum absolute atomic E-state index is 13.2. The van der Waals surface area contributed by atoms with Crippen molar-refractivity contribution in [2.45, 2.75) is 37.9 Å². The van der Waals surface area contributed by atoms with Gasteiger partial charge in [0, 0.05) is 26.3 Å². The Balaban J connectivity index is 1.47. The maximum Gasteiger partial charge on any atom is 0.419 e. The van der Waals surface area contributed by atoms with E-state index in [1.165, 1.54) is 24.2 Å². The number of halogens is 3. The second-order valence-corrected chi connectivity index (χ2v) is 6.92. The van der Waals surface area contributed by atoms with Crippen molar-refractivity contribution in [2.75, 3.05) is 29.9 Å². The summed E-state index contributed by atoms with van der Waals surface area (Å²) in [5.41, 5.74) is 1.63. The van der Waals surface area contributed by atoms with Crippen LogP contribution in [0.1, 0.15) is 29.7 Å². The summed E-state index contributed by atoms with van der Waals surface area (Å²) in [6, 6.07) is 4.43. The van der Waals surface area contributed by atoms with Crippen molar-refractivity contribution >= 4 is 11.6 Å². The van der Waals surface area contributed by atoms with E-state index in [9.17, 15) is 13.2 Å². The van der Waals surface area contributed by atoms with Gasteiger partial charge >= 0.3 is 6.18 Å². The van der Waals surface area contributed by atoms with Crippen LogP contribution in [0.15, 0.2) is 24.4 Å². The topological polar surface area (TPSA) is 45.2 Å². The lowest BCUT2D eigenvalue weighted by molar-refractivity contribution is -0.137. The highest BCUT2D eigenvalue weighted by molar-refractivity contribution is 5.53. The monoisotopic (exact) mass is 363 g/mol. The molecule has 0 bridgehead atoms. The Morgan fingerprint density at radius 3 is 2.69 bits per heavy atom. The first-order valence-electron chi connectivity index (χ1n) is 8.79. The molecule has 1 fully saturated rings. The molecule has 1 saturated heterocycles. The van der Waals surface area contributed by atoms with Gasteiger partial charge in [0.25, 0.3) is 0 Å². The van der Waals surface area contributed by atoms with Crippen LogP contribution in [0.2, 0.25) is 0 Å². The summed E-state index contributed by atoms with van der Waals surface area (Å²) in [5.74, 6) is 0.786. The molecule has 0 saturated carbocycles. The molecule has 0 aromatic carbocycles. The van der Waals surface area contributed by atoms with Gasteiger partial charge in [-0.25, -0.2) is 4.98 Å². The largest absolute Gasteiger partial charge is 0.419 e. The second-order valence-electron chi connectivity index (χ2n) is 6.92. The van der Waals surface area contributed by atoms with E-state index < -0.39 is 11.7 Å². The highest BCUT2D eigenvalue weighted by atomic mass is 19.4. The van der Waals surface area contributed by atoms with Crippen LogP contribution in [0.5, 0.6) is 0 Å². The molecule has 2 aromatic heterocycles. The Morgan fingerprint density at radius 2 is 1.92 bits per heavy atom. The van der Waals surface area contributed by atoms with E-state index in [0.29, 0.717) is 13.1 Å². The van der Waals surface area contributed by atoms with E-state index in [1.54, 1.807) is 11.9 Å². The van der Waals surface area contributed by atoms with Crippen LogP contribution in [0.25, 0.3) is 0 Å². The predicted octanol–water partition coefficient (Wildman–Crippen LogP) is 3.09. The number of fused-ring (bicyclic) bond motifs is 1. The summed E-state index contributed by atoms with van der Waals surface area (Å²) in [6.07, 6.45) is 1.32. The molecule has 1 aliphatic carbocycles. The number of pyridine rings is 1. The Labute approximate surface area is 149 Å². The lowest BCUT2D eigenvalue weighted by Crippen LogP contribution is -2.59. The van der Waals surface area contributed by atoms with Gasteiger partial charge in [0.05, 0.1) is 17.3 Å². The molecule has 2 aliphatic rings. The number of aromatic nitrogens is 3. The fourth-order valence-corrected chi connectivity index (χ4v) is 3.59. The lowest BCUT2D eigenvalue weighted by Gasteiger charge is -2.45. The van der Waals surface area contributed by atoms with Gasteiger partial charge in [-0.2, -0.15) is 18.3 Å². The number of rotatable bonds is 3. The average molecular weight is 363 g/mol. The van der Waals surface area contributed by atoms with Crippen LogP contribution >= 0.6 is 0 Å². The molecule has 2 aromatic rings. The van der Waals surface area contributed by atoms with Gasteiger partial charge in [0.15, 0.2) is 5.82 Å². The minimum absolute atomic E-state index is 0.0267. The standard InChI is InChI=1S/C18H20F3N5/c1-25(17-14(18(19,20)21)6-4-8-22-17)13-10-26(11-13)16-9-12-5-2-3-7-15(12)23-24-16/h4,6,8-9,13H,2-3,5,7,10-11H2,1H3. The number of likely N-dealkylation sites (N-methyl/N-ethyl adjacent to an activating group) is 1. The molecule has 1 aliphatic heterocycles. The Bertz CT molecular complexity index is 802. The van der Waals surface area contributed by atoms with Gasteiger partial charge in [0.2, 0.25) is 0 Å². The first-order chi connectivity index (χ1) is 12.4. The van der Waals surface area contributed by atoms with Crippen molar-refractivity contribution in [3.8, 4) is 0 Å². The molecular weight excluding hydrogens is 343 g/mol. The van der Waals surface area contributed by atoms with E-state index >= 15 is 0 Å². The molecule has 4 rings (SSSR count). The van der Waals surface area contributed by atoms with Gasteiger partial charge in [-0.15, -0.1) is 5.10 Å². The van der Waals surface area contributed by atoms with E-state index in [4.69, 9.17) is 0 Å². The number of hydrogen-bond acceptors (Lipinski definition) is 5. The quantitative estimate of drug-likeness (QED) is 0.839. The molecule has 0 amide bonds. The molecule has 8 heteroatoms. The molecule has 0 spiro atoms. The predicted molar refractivity (Wildman–Crippen MR) is 92.3 cm³/mol. The smallest absolute Gasteiger partial charge is 0.353 e. The average Bonchev–Trinajstić information content (AvgIpc) is 2.59. The first kappa shape index (κ1) is 17.1. The van der Waals surface area contributed by atoms with Gasteiger partial charge in [-0.3, -0.25) is 0 Å². The van der Waals surface area contributed by atoms with Crippen LogP contribution in [0.3, 0.4) is 0 Å². The molecule has 138 valence electrons. The van der Waals surface area contributed by atoms with Crippen LogP contribution in [-0.2, 0) is 19.0 Å². The molecule has 0 N–H and O–H groups in total. The summed E-state index contributed by atoms with van der Waals surface area (Å²) < 4.78 is 39.6. The molecule has 5 nitrogen and oxygen atoms in total.